The van der Waals surface area contributed by atoms with Crippen LogP contribution >= 0.6 is 0 Å². The molecule has 0 saturated carbocycles. The predicted octanol–water partition coefficient (Wildman–Crippen LogP) is -6.35. The van der Waals surface area contributed by atoms with Crippen LogP contribution in [0.25, 0.3) is 0 Å². The second-order valence-electron chi connectivity index (χ2n) is 0.407. The van der Waals surface area contributed by atoms with Crippen LogP contribution < -0.4 is 23.7 Å². The van der Waals surface area contributed by atoms with Gasteiger partial charge in [0.1, 0.15) is 10.5 Å². The van der Waals surface area contributed by atoms with Crippen molar-refractivity contribution >= 4 is 20.5 Å². The van der Waals surface area contributed by atoms with E-state index in [1.54, 1.807) is 0 Å². The zero-order valence-corrected chi connectivity index (χ0v) is 6.94. The van der Waals surface area contributed by atoms with E-state index >= 15 is 0 Å². The molecule has 0 rings (SSSR count). The Morgan fingerprint density at radius 3 is 2.00 bits per heavy atom. The summed E-state index contributed by atoms with van der Waals surface area (Å²) in [5.41, 5.74) is 0. The van der Waals surface area contributed by atoms with Crippen LogP contribution in [-0.4, -0.2) is 20.5 Å². The van der Waals surface area contributed by atoms with Crippen molar-refractivity contribution in [2.75, 3.05) is 0 Å². The summed E-state index contributed by atoms with van der Waals surface area (Å²) in [6, 6.07) is 0. The second-order valence-corrected chi connectivity index (χ2v) is 2.95. The fourth-order valence-corrected chi connectivity index (χ4v) is 0. The molecule has 0 heterocycles. The maximum atomic E-state index is 9.25. The third-order valence-corrected chi connectivity index (χ3v) is 1.06. The number of rotatable bonds is 1. The van der Waals surface area contributed by atoms with Crippen LogP contribution in [0.1, 0.15) is 0 Å². The monoisotopic (exact) mass is 100.0 g/mol. The second kappa shape index (κ2) is 8.88. The van der Waals surface area contributed by atoms with Gasteiger partial charge in [0.15, 0.2) is 0 Å². The van der Waals surface area contributed by atoms with Crippen LogP contribution in [0.5, 0.6) is 0 Å². The molecule has 0 aromatic rings. The molecule has 26 valence electrons. The fraction of sp³-hybridized carbons (Fsp3) is 0. The molecule has 0 aliphatic rings. The molecule has 0 radical (unpaired) electrons. The Labute approximate surface area is 48.7 Å². The summed E-state index contributed by atoms with van der Waals surface area (Å²) in [7, 11) is -0.625. The van der Waals surface area contributed by atoms with Crippen molar-refractivity contribution in [3.05, 3.63) is 0 Å². The van der Waals surface area contributed by atoms with Crippen LogP contribution in [0.2, 0.25) is 0 Å². The van der Waals surface area contributed by atoms with E-state index < -0.39 is 10.0 Å². The topological polar surface area (TPSA) is 32.3 Å². The normalized spacial score (nSPS) is 9.00. The first-order valence-corrected chi connectivity index (χ1v) is 2.96. The predicted molar refractivity (Wildman–Crippen MR) is 19.6 cm³/mol. The molecule has 0 N–H and O–H groups in total. The van der Waals surface area contributed by atoms with Gasteiger partial charge in [0.05, 0.1) is 0 Å². The van der Waals surface area contributed by atoms with E-state index in [0.29, 0.717) is 10.5 Å². The summed E-state index contributed by atoms with van der Waals surface area (Å²) < 4.78 is 4.26. The Bertz CT molecular complexity index is 9.61. The average molecular weight is 100 g/mol. The Hall–Kier alpha value is 0.951. The molecule has 0 amide bonds. The summed E-state index contributed by atoms with van der Waals surface area (Å²) in [4.78, 5) is 9.25. The first-order chi connectivity index (χ1) is 1.91. The first-order valence-electron chi connectivity index (χ1n) is 0.986. The van der Waals surface area contributed by atoms with Gasteiger partial charge in [0.2, 0.25) is 0 Å². The quantitative estimate of drug-likeness (QED) is 0.307. The van der Waals surface area contributed by atoms with Crippen molar-refractivity contribution < 1.29 is 27.8 Å². The van der Waals surface area contributed by atoms with Crippen LogP contribution in [0.15, 0.2) is 0 Å². The fourth-order valence-electron chi connectivity index (χ4n) is 0. The van der Waals surface area contributed by atoms with E-state index in [0.717, 1.165) is 0 Å². The van der Waals surface area contributed by atoms with Crippen molar-refractivity contribution in [1.29, 1.82) is 0 Å². The molecule has 0 saturated heterocycles. The van der Waals surface area contributed by atoms with E-state index in [-0.39, 0.29) is 18.9 Å². The van der Waals surface area contributed by atoms with Gasteiger partial charge in [-0.3, -0.25) is 0 Å². The summed E-state index contributed by atoms with van der Waals surface area (Å²) in [5, 5.41) is 0. The minimum atomic E-state index is -1.26. The average Bonchev–Trinajstić information content (AvgIpc) is 1.37. The summed E-state index contributed by atoms with van der Waals surface area (Å²) in [6.07, 6.45) is 0. The third-order valence-electron chi connectivity index (χ3n) is 0.118. The van der Waals surface area contributed by atoms with Gasteiger partial charge in [-0.1, -0.05) is 0 Å². The summed E-state index contributed by atoms with van der Waals surface area (Å²) in [6.45, 7) is 0. The van der Waals surface area contributed by atoms with Crippen LogP contribution in [0.4, 0.5) is 0 Å². The van der Waals surface area contributed by atoms with Crippen molar-refractivity contribution in [2.24, 2.45) is 0 Å². The molecule has 0 aromatic carbocycles. The van der Waals surface area contributed by atoms with Crippen LogP contribution in [0, 0.1) is 0 Å². The van der Waals surface area contributed by atoms with Crippen molar-refractivity contribution in [3.8, 4) is 0 Å². The summed E-state index contributed by atoms with van der Waals surface area (Å²) >= 11 is 0. The molecule has 0 aliphatic carbocycles. The number of hydrogen-bond acceptors (Lipinski definition) is 2. The molecule has 5 heavy (non-hydrogen) atoms. The maximum Gasteiger partial charge on any atom is 1.00 e. The molecular weight excluding hydrogens is 95.1 g/mol. The molecule has 0 unspecified atom stereocenters. The van der Waals surface area contributed by atoms with Gasteiger partial charge in [-0.15, -0.1) is 0 Å². The van der Waals surface area contributed by atoms with Gasteiger partial charge in [-0.25, -0.2) is 0 Å². The van der Waals surface area contributed by atoms with Gasteiger partial charge in [-0.05, 0) is 0 Å². The van der Waals surface area contributed by atoms with Gasteiger partial charge in [-0.2, -0.15) is 0 Å². The first kappa shape index (κ1) is 9.34. The number of hydrogen-bond donors (Lipinski definition) is 0. The Morgan fingerprint density at radius 2 is 2.00 bits per heavy atom. The van der Waals surface area contributed by atoms with Gasteiger partial charge >= 0.3 is 18.9 Å². The van der Waals surface area contributed by atoms with E-state index in [1.807, 2.05) is 0 Å². The zero-order valence-electron chi connectivity index (χ0n) is 3.52. The van der Waals surface area contributed by atoms with E-state index in [4.69, 9.17) is 0 Å². The maximum absolute atomic E-state index is 9.25. The summed E-state index contributed by atoms with van der Waals surface area (Å²) in [5.74, 6) is 0. The molecule has 0 spiro atoms. The smallest absolute Gasteiger partial charge is 0.844 e. The molecule has 0 bridgehead atoms. The minimum Gasteiger partial charge on any atom is -0.844 e. The van der Waals surface area contributed by atoms with E-state index in [1.165, 1.54) is 0 Å². The van der Waals surface area contributed by atoms with Gasteiger partial charge in [0.25, 0.3) is 0 Å². The van der Waals surface area contributed by atoms with Gasteiger partial charge in [0, 0.05) is 10.0 Å². The van der Waals surface area contributed by atoms with E-state index in [2.05, 4.69) is 4.12 Å². The Balaban J connectivity index is 0. The van der Waals surface area contributed by atoms with Crippen molar-refractivity contribution in [2.45, 2.75) is 0 Å². The molecule has 5 heteroatoms. The largest absolute Gasteiger partial charge is 1.00 e. The van der Waals surface area contributed by atoms with E-state index in [9.17, 15) is 4.80 Å². The van der Waals surface area contributed by atoms with Crippen molar-refractivity contribution in [3.63, 3.8) is 0 Å². The minimum absolute atomic E-state index is 0. The molecule has 2 nitrogen and oxygen atoms in total. The SMILES string of the molecule is [Li+].[O-][SiH2]O[SiH3]. The molecule has 0 atom stereocenters. The van der Waals surface area contributed by atoms with Crippen LogP contribution in [-0.2, 0) is 4.12 Å². The van der Waals surface area contributed by atoms with Gasteiger partial charge < -0.3 is 8.91 Å². The Kier molecular flexibility index (Phi) is 16.6. The zero-order chi connectivity index (χ0) is 3.41. The molecule has 0 fully saturated rings. The Morgan fingerprint density at radius 1 is 1.80 bits per heavy atom. The van der Waals surface area contributed by atoms with Crippen molar-refractivity contribution in [1.82, 2.24) is 0 Å². The van der Waals surface area contributed by atoms with Crippen LogP contribution in [0.3, 0.4) is 0 Å². The standard InChI is InChI=1S/Li.H5O2Si2/c;1-4-2-3/h;4H2,3H3/q+1;-1. The third kappa shape index (κ3) is 11.3. The molecule has 0 aliphatic heterocycles. The molecular formula is H5LiO2Si2. The molecule has 0 aromatic heterocycles.